The Balaban J connectivity index is 2.15. The number of hydrogen-bond acceptors (Lipinski definition) is 0. The summed E-state index contributed by atoms with van der Waals surface area (Å²) < 4.78 is 0. The van der Waals surface area contributed by atoms with E-state index in [1.807, 2.05) is 0 Å². The first-order chi connectivity index (χ1) is 5.90. The van der Waals surface area contributed by atoms with E-state index in [-0.39, 0.29) is 0 Å². The molecule has 13 heavy (non-hydrogen) atoms. The van der Waals surface area contributed by atoms with Gasteiger partial charge >= 0.3 is 0 Å². The van der Waals surface area contributed by atoms with E-state index in [0.29, 0.717) is 5.41 Å². The zero-order valence-electron chi connectivity index (χ0n) is 10.1. The predicted molar refractivity (Wildman–Crippen MR) is 59.8 cm³/mol. The molecule has 0 heteroatoms. The molecule has 1 aliphatic carbocycles. The molecule has 0 bridgehead atoms. The maximum absolute atomic E-state index is 2.45. The van der Waals surface area contributed by atoms with Gasteiger partial charge in [-0.3, -0.25) is 0 Å². The lowest BCUT2D eigenvalue weighted by atomic mass is 9.83. The fourth-order valence-electron chi connectivity index (χ4n) is 2.14. The van der Waals surface area contributed by atoms with E-state index >= 15 is 0 Å². The van der Waals surface area contributed by atoms with Gasteiger partial charge in [-0.2, -0.15) is 0 Å². The molecule has 0 heterocycles. The van der Waals surface area contributed by atoms with Crippen LogP contribution in [0.5, 0.6) is 0 Å². The van der Waals surface area contributed by atoms with Gasteiger partial charge in [-0.25, -0.2) is 0 Å². The highest BCUT2D eigenvalue weighted by Crippen LogP contribution is 2.55. The normalized spacial score (nSPS) is 33.5. The van der Waals surface area contributed by atoms with Crippen molar-refractivity contribution in [2.24, 2.45) is 16.7 Å². The topological polar surface area (TPSA) is 0 Å². The molecule has 0 amide bonds. The van der Waals surface area contributed by atoms with Crippen molar-refractivity contribution in [3.05, 3.63) is 0 Å². The lowest BCUT2D eigenvalue weighted by Gasteiger charge is -2.23. The Morgan fingerprint density at radius 1 is 1.38 bits per heavy atom. The molecule has 0 nitrogen and oxygen atoms in total. The summed E-state index contributed by atoms with van der Waals surface area (Å²) in [6.45, 7) is 11.9. The molecule has 2 unspecified atom stereocenters. The van der Waals surface area contributed by atoms with Gasteiger partial charge in [0, 0.05) is 0 Å². The van der Waals surface area contributed by atoms with Crippen molar-refractivity contribution in [3.63, 3.8) is 0 Å². The molecule has 1 aliphatic rings. The summed E-state index contributed by atoms with van der Waals surface area (Å²) in [7, 11) is 0. The lowest BCUT2D eigenvalue weighted by Crippen LogP contribution is -2.10. The molecule has 0 aromatic rings. The molecule has 0 spiro atoms. The molecule has 1 rings (SSSR count). The van der Waals surface area contributed by atoms with Crippen LogP contribution in [0, 0.1) is 16.7 Å². The van der Waals surface area contributed by atoms with Gasteiger partial charge < -0.3 is 0 Å². The fourth-order valence-corrected chi connectivity index (χ4v) is 2.14. The maximum Gasteiger partial charge on any atom is -0.0297 e. The van der Waals surface area contributed by atoms with Crippen LogP contribution >= 0.6 is 0 Å². The largest absolute Gasteiger partial charge is 0.0649 e. The van der Waals surface area contributed by atoms with Crippen molar-refractivity contribution in [1.82, 2.24) is 0 Å². The van der Waals surface area contributed by atoms with Crippen molar-refractivity contribution in [1.29, 1.82) is 0 Å². The predicted octanol–water partition coefficient (Wildman–Crippen LogP) is 4.64. The van der Waals surface area contributed by atoms with Gasteiger partial charge in [0.25, 0.3) is 0 Å². The van der Waals surface area contributed by atoms with E-state index in [1.54, 1.807) is 0 Å². The Labute approximate surface area is 84.1 Å². The SMILES string of the molecule is CCC(C)(C)CCCC1(C)CC1C. The minimum atomic E-state index is 0.578. The third-order valence-corrected chi connectivity index (χ3v) is 4.36. The molecule has 2 atom stereocenters. The summed E-state index contributed by atoms with van der Waals surface area (Å²) in [5.74, 6) is 0.997. The van der Waals surface area contributed by atoms with Gasteiger partial charge in [0.1, 0.15) is 0 Å². The third-order valence-electron chi connectivity index (χ3n) is 4.36. The zero-order valence-corrected chi connectivity index (χ0v) is 10.1. The van der Waals surface area contributed by atoms with Crippen molar-refractivity contribution in [2.75, 3.05) is 0 Å². The molecular weight excluding hydrogens is 156 g/mol. The van der Waals surface area contributed by atoms with Crippen LogP contribution in [0.4, 0.5) is 0 Å². The molecular formula is C13H26. The first kappa shape index (κ1) is 11.1. The summed E-state index contributed by atoms with van der Waals surface area (Å²) in [4.78, 5) is 0. The maximum atomic E-state index is 2.45. The second-order valence-electron chi connectivity index (χ2n) is 6.13. The van der Waals surface area contributed by atoms with E-state index in [1.165, 1.54) is 32.1 Å². The van der Waals surface area contributed by atoms with E-state index < -0.39 is 0 Å². The van der Waals surface area contributed by atoms with Crippen molar-refractivity contribution >= 4 is 0 Å². The molecule has 0 aromatic carbocycles. The second kappa shape index (κ2) is 3.63. The third kappa shape index (κ3) is 3.00. The van der Waals surface area contributed by atoms with Crippen LogP contribution in [0.3, 0.4) is 0 Å². The van der Waals surface area contributed by atoms with E-state index in [9.17, 15) is 0 Å². The van der Waals surface area contributed by atoms with Crippen molar-refractivity contribution < 1.29 is 0 Å². The molecule has 1 fully saturated rings. The van der Waals surface area contributed by atoms with Crippen molar-refractivity contribution in [2.45, 2.75) is 66.7 Å². The fraction of sp³-hybridized carbons (Fsp3) is 1.00. The monoisotopic (exact) mass is 182 g/mol. The first-order valence-electron chi connectivity index (χ1n) is 5.90. The number of hydrogen-bond donors (Lipinski definition) is 0. The Morgan fingerprint density at radius 2 is 1.92 bits per heavy atom. The van der Waals surface area contributed by atoms with E-state index in [0.717, 1.165) is 11.3 Å². The molecule has 0 aliphatic heterocycles. The molecule has 78 valence electrons. The van der Waals surface area contributed by atoms with Crippen LogP contribution in [-0.4, -0.2) is 0 Å². The van der Waals surface area contributed by atoms with Crippen molar-refractivity contribution in [3.8, 4) is 0 Å². The van der Waals surface area contributed by atoms with E-state index in [4.69, 9.17) is 0 Å². The average Bonchev–Trinajstić information content (AvgIpc) is 2.59. The van der Waals surface area contributed by atoms with Gasteiger partial charge in [-0.1, -0.05) is 47.5 Å². The Kier molecular flexibility index (Phi) is 3.09. The highest BCUT2D eigenvalue weighted by atomic mass is 14.5. The lowest BCUT2D eigenvalue weighted by molar-refractivity contribution is 0.292. The van der Waals surface area contributed by atoms with Crippen LogP contribution in [0.1, 0.15) is 66.7 Å². The smallest absolute Gasteiger partial charge is 0.0297 e. The second-order valence-corrected chi connectivity index (χ2v) is 6.13. The Bertz CT molecular complexity index is 159. The van der Waals surface area contributed by atoms with Gasteiger partial charge in [0.05, 0.1) is 0 Å². The zero-order chi connectivity index (χ0) is 10.1. The van der Waals surface area contributed by atoms with Crippen LogP contribution in [0.25, 0.3) is 0 Å². The van der Waals surface area contributed by atoms with Gasteiger partial charge in [-0.05, 0) is 36.0 Å². The summed E-state index contributed by atoms with van der Waals surface area (Å²) >= 11 is 0. The Morgan fingerprint density at radius 3 is 2.31 bits per heavy atom. The van der Waals surface area contributed by atoms with Crippen LogP contribution in [-0.2, 0) is 0 Å². The highest BCUT2D eigenvalue weighted by Gasteiger charge is 2.45. The summed E-state index contributed by atoms with van der Waals surface area (Å²) in [6.07, 6.45) is 7.09. The van der Waals surface area contributed by atoms with E-state index in [2.05, 4.69) is 34.6 Å². The van der Waals surface area contributed by atoms with Gasteiger partial charge in [0.2, 0.25) is 0 Å². The minimum Gasteiger partial charge on any atom is -0.0649 e. The average molecular weight is 182 g/mol. The van der Waals surface area contributed by atoms with Crippen LogP contribution in [0.2, 0.25) is 0 Å². The quantitative estimate of drug-likeness (QED) is 0.581. The first-order valence-corrected chi connectivity index (χ1v) is 5.90. The minimum absolute atomic E-state index is 0.578. The van der Waals surface area contributed by atoms with Crippen LogP contribution in [0.15, 0.2) is 0 Å². The summed E-state index contributed by atoms with van der Waals surface area (Å²) in [5, 5.41) is 0. The summed E-state index contributed by atoms with van der Waals surface area (Å²) in [5.41, 5.74) is 1.30. The molecule has 0 aromatic heterocycles. The van der Waals surface area contributed by atoms with Gasteiger partial charge in [-0.15, -0.1) is 0 Å². The Hall–Kier alpha value is 0. The van der Waals surface area contributed by atoms with Crippen LogP contribution < -0.4 is 0 Å². The standard InChI is InChI=1S/C13H26/c1-6-12(3,4)8-7-9-13(5)10-11(13)2/h11H,6-10H2,1-5H3. The molecule has 0 saturated heterocycles. The molecule has 0 radical (unpaired) electrons. The van der Waals surface area contributed by atoms with Gasteiger partial charge in [0.15, 0.2) is 0 Å². The molecule has 1 saturated carbocycles. The highest BCUT2D eigenvalue weighted by molar-refractivity contribution is 4.95. The number of rotatable bonds is 5. The summed E-state index contributed by atoms with van der Waals surface area (Å²) in [6, 6.07) is 0. The molecule has 0 N–H and O–H groups in total.